The van der Waals surface area contributed by atoms with Gasteiger partial charge < -0.3 is 10.6 Å². The van der Waals surface area contributed by atoms with Crippen molar-refractivity contribution in [2.75, 3.05) is 11.9 Å². The molecule has 1 amide bonds. The molecule has 3 rings (SSSR count). The summed E-state index contributed by atoms with van der Waals surface area (Å²) in [6.07, 6.45) is 0. The van der Waals surface area contributed by atoms with E-state index in [9.17, 15) is 4.79 Å². The zero-order valence-electron chi connectivity index (χ0n) is 15.0. The molecule has 1 unspecified atom stereocenters. The monoisotopic (exact) mass is 367 g/mol. The molecule has 0 aliphatic heterocycles. The van der Waals surface area contributed by atoms with Crippen molar-refractivity contribution >= 4 is 23.1 Å². The van der Waals surface area contributed by atoms with Crippen LogP contribution in [0.1, 0.15) is 40.9 Å². The number of anilines is 1. The van der Waals surface area contributed by atoms with Crippen LogP contribution in [0.2, 0.25) is 0 Å². The number of carbonyl (C=O) groups excluding carboxylic acids is 1. The molecular weight excluding hydrogens is 346 g/mol. The van der Waals surface area contributed by atoms with Crippen LogP contribution < -0.4 is 10.6 Å². The van der Waals surface area contributed by atoms with Crippen molar-refractivity contribution in [2.24, 2.45) is 0 Å². The van der Waals surface area contributed by atoms with Gasteiger partial charge in [0.05, 0.1) is 22.4 Å². The molecule has 0 saturated heterocycles. The number of carbonyl (C=O) groups is 1. The molecule has 1 aromatic carbocycles. The Morgan fingerprint density at radius 3 is 2.50 bits per heavy atom. The van der Waals surface area contributed by atoms with Crippen LogP contribution in [0, 0.1) is 6.92 Å². The fourth-order valence-electron chi connectivity index (χ4n) is 2.49. The number of rotatable bonds is 6. The van der Waals surface area contributed by atoms with E-state index in [1.54, 1.807) is 23.5 Å². The van der Waals surface area contributed by atoms with Crippen molar-refractivity contribution in [3.63, 3.8) is 0 Å². The molecule has 0 aliphatic carbocycles. The molecule has 0 saturated carbocycles. The molecule has 7 heteroatoms. The third-order valence-corrected chi connectivity index (χ3v) is 4.69. The molecule has 2 heterocycles. The van der Waals surface area contributed by atoms with E-state index in [1.807, 2.05) is 50.4 Å². The van der Waals surface area contributed by atoms with Gasteiger partial charge in [-0.15, -0.1) is 21.5 Å². The maximum atomic E-state index is 12.4. The Labute approximate surface area is 156 Å². The zero-order valence-corrected chi connectivity index (χ0v) is 15.8. The van der Waals surface area contributed by atoms with E-state index in [0.717, 1.165) is 34.3 Å². The lowest BCUT2D eigenvalue weighted by molar-refractivity contribution is 0.0939. The van der Waals surface area contributed by atoms with Crippen molar-refractivity contribution in [2.45, 2.75) is 26.8 Å². The second-order valence-electron chi connectivity index (χ2n) is 5.90. The number of hydrogen-bond donors (Lipinski definition) is 2. The van der Waals surface area contributed by atoms with Crippen molar-refractivity contribution in [3.05, 3.63) is 58.0 Å². The smallest absolute Gasteiger partial charge is 0.251 e. The van der Waals surface area contributed by atoms with Crippen LogP contribution in [0.4, 0.5) is 5.82 Å². The Morgan fingerprint density at radius 1 is 1.15 bits per heavy atom. The molecule has 0 bridgehead atoms. The minimum absolute atomic E-state index is 0.122. The van der Waals surface area contributed by atoms with Gasteiger partial charge in [-0.05, 0) is 45.0 Å². The van der Waals surface area contributed by atoms with Gasteiger partial charge in [0.25, 0.3) is 5.91 Å². The lowest BCUT2D eigenvalue weighted by atomic mass is 10.1. The molecule has 26 heavy (non-hydrogen) atoms. The standard InChI is InChI=1S/C19H21N5OS/c1-4-20-18-10-9-16(23-24-18)14-5-7-15(8-6-14)19(25)21-12(2)17-11-26-13(3)22-17/h5-12H,4H2,1-3H3,(H,20,24)(H,21,25). The van der Waals surface area contributed by atoms with Crippen LogP contribution in [0.5, 0.6) is 0 Å². The van der Waals surface area contributed by atoms with Crippen LogP contribution >= 0.6 is 11.3 Å². The van der Waals surface area contributed by atoms with Crippen LogP contribution in [0.3, 0.4) is 0 Å². The van der Waals surface area contributed by atoms with Gasteiger partial charge in [-0.3, -0.25) is 4.79 Å². The summed E-state index contributed by atoms with van der Waals surface area (Å²) in [7, 11) is 0. The summed E-state index contributed by atoms with van der Waals surface area (Å²) in [6, 6.07) is 11.0. The quantitative estimate of drug-likeness (QED) is 0.692. The lowest BCUT2D eigenvalue weighted by Crippen LogP contribution is -2.26. The first-order valence-electron chi connectivity index (χ1n) is 8.47. The summed E-state index contributed by atoms with van der Waals surface area (Å²) in [4.78, 5) is 16.8. The Hall–Kier alpha value is -2.80. The number of nitrogens with zero attached hydrogens (tertiary/aromatic N) is 3. The summed E-state index contributed by atoms with van der Waals surface area (Å²) < 4.78 is 0. The number of thiazole rings is 1. The fraction of sp³-hybridized carbons (Fsp3) is 0.263. The highest BCUT2D eigenvalue weighted by molar-refractivity contribution is 7.09. The highest BCUT2D eigenvalue weighted by Gasteiger charge is 2.14. The van der Waals surface area contributed by atoms with E-state index in [2.05, 4.69) is 25.8 Å². The molecule has 6 nitrogen and oxygen atoms in total. The molecule has 0 radical (unpaired) electrons. The predicted molar refractivity (Wildman–Crippen MR) is 104 cm³/mol. The Balaban J connectivity index is 1.67. The molecule has 2 aromatic heterocycles. The van der Waals surface area contributed by atoms with Gasteiger partial charge >= 0.3 is 0 Å². The highest BCUT2D eigenvalue weighted by Crippen LogP contribution is 2.19. The molecule has 2 N–H and O–H groups in total. The maximum absolute atomic E-state index is 12.4. The van der Waals surface area contributed by atoms with Crippen LogP contribution in [0.25, 0.3) is 11.3 Å². The van der Waals surface area contributed by atoms with E-state index >= 15 is 0 Å². The minimum atomic E-state index is -0.128. The number of aryl methyl sites for hydroxylation is 1. The first kappa shape index (κ1) is 18.0. The Bertz CT molecular complexity index is 874. The summed E-state index contributed by atoms with van der Waals surface area (Å²) >= 11 is 1.58. The molecule has 0 fully saturated rings. The summed E-state index contributed by atoms with van der Waals surface area (Å²) in [5, 5.41) is 17.4. The van der Waals surface area contributed by atoms with Gasteiger partial charge in [-0.1, -0.05) is 12.1 Å². The average Bonchev–Trinajstić information content (AvgIpc) is 3.09. The highest BCUT2D eigenvalue weighted by atomic mass is 32.1. The van der Waals surface area contributed by atoms with Crippen molar-refractivity contribution in [1.29, 1.82) is 0 Å². The van der Waals surface area contributed by atoms with Crippen molar-refractivity contribution < 1.29 is 4.79 Å². The van der Waals surface area contributed by atoms with E-state index in [-0.39, 0.29) is 11.9 Å². The number of nitrogens with one attached hydrogen (secondary N) is 2. The van der Waals surface area contributed by atoms with Gasteiger partial charge in [-0.25, -0.2) is 4.98 Å². The van der Waals surface area contributed by atoms with E-state index in [4.69, 9.17) is 0 Å². The second-order valence-corrected chi connectivity index (χ2v) is 6.96. The topological polar surface area (TPSA) is 79.8 Å². The molecule has 1 atom stereocenters. The van der Waals surface area contributed by atoms with Crippen LogP contribution in [-0.2, 0) is 0 Å². The SMILES string of the molecule is CCNc1ccc(-c2ccc(C(=O)NC(C)c3csc(C)n3)cc2)nn1. The molecule has 0 spiro atoms. The molecular formula is C19H21N5OS. The molecule has 134 valence electrons. The summed E-state index contributed by atoms with van der Waals surface area (Å²) in [6.45, 7) is 6.70. The number of benzene rings is 1. The summed E-state index contributed by atoms with van der Waals surface area (Å²) in [5.74, 6) is 0.627. The lowest BCUT2D eigenvalue weighted by Gasteiger charge is -2.12. The van der Waals surface area contributed by atoms with Gasteiger partial charge in [0.2, 0.25) is 0 Å². The predicted octanol–water partition coefficient (Wildman–Crippen LogP) is 3.83. The third-order valence-electron chi connectivity index (χ3n) is 3.89. The average molecular weight is 367 g/mol. The Kier molecular flexibility index (Phi) is 5.58. The first-order chi connectivity index (χ1) is 12.6. The van der Waals surface area contributed by atoms with Gasteiger partial charge in [0.15, 0.2) is 0 Å². The first-order valence-corrected chi connectivity index (χ1v) is 9.35. The third kappa shape index (κ3) is 4.23. The van der Waals surface area contributed by atoms with Gasteiger partial charge in [-0.2, -0.15) is 0 Å². The van der Waals surface area contributed by atoms with E-state index in [1.165, 1.54) is 0 Å². The van der Waals surface area contributed by atoms with Crippen LogP contribution in [0.15, 0.2) is 41.8 Å². The maximum Gasteiger partial charge on any atom is 0.251 e. The number of hydrogen-bond acceptors (Lipinski definition) is 6. The second kappa shape index (κ2) is 8.05. The van der Waals surface area contributed by atoms with Crippen molar-refractivity contribution in [1.82, 2.24) is 20.5 Å². The van der Waals surface area contributed by atoms with E-state index < -0.39 is 0 Å². The molecule has 0 aliphatic rings. The molecule has 3 aromatic rings. The van der Waals surface area contributed by atoms with E-state index in [0.29, 0.717) is 5.56 Å². The minimum Gasteiger partial charge on any atom is -0.369 e. The number of aromatic nitrogens is 3. The number of amides is 1. The largest absolute Gasteiger partial charge is 0.369 e. The Morgan fingerprint density at radius 2 is 1.92 bits per heavy atom. The normalized spacial score (nSPS) is 11.8. The van der Waals surface area contributed by atoms with Crippen LogP contribution in [-0.4, -0.2) is 27.6 Å². The fourth-order valence-corrected chi connectivity index (χ4v) is 3.19. The zero-order chi connectivity index (χ0) is 18.5. The van der Waals surface area contributed by atoms with Crippen molar-refractivity contribution in [3.8, 4) is 11.3 Å². The van der Waals surface area contributed by atoms with Gasteiger partial charge in [0.1, 0.15) is 5.82 Å². The summed E-state index contributed by atoms with van der Waals surface area (Å²) in [5.41, 5.74) is 3.17. The van der Waals surface area contributed by atoms with Gasteiger partial charge in [0, 0.05) is 23.1 Å².